The molecule has 0 aliphatic heterocycles. The fourth-order valence-corrected chi connectivity index (χ4v) is 2.05. The van der Waals surface area contributed by atoms with E-state index in [2.05, 4.69) is 20.4 Å². The number of hydroxylamine groups is 2. The van der Waals surface area contributed by atoms with Gasteiger partial charge in [0.15, 0.2) is 0 Å². The number of rotatable bonds is 14. The SMILES string of the molecule is C=CC(=O)N(CCCCCCCCCC)OCCCC. The zero-order chi connectivity index (χ0) is 15.1. The van der Waals surface area contributed by atoms with Crippen LogP contribution in [0, 0.1) is 0 Å². The molecule has 1 amide bonds. The van der Waals surface area contributed by atoms with Crippen LogP contribution in [0.1, 0.15) is 78.1 Å². The first-order chi connectivity index (χ1) is 9.76. The van der Waals surface area contributed by atoms with Crippen molar-refractivity contribution in [2.75, 3.05) is 13.2 Å². The Morgan fingerprint density at radius 1 is 0.950 bits per heavy atom. The summed E-state index contributed by atoms with van der Waals surface area (Å²) in [6.07, 6.45) is 13.5. The third-order valence-electron chi connectivity index (χ3n) is 3.38. The number of hydrogen-bond acceptors (Lipinski definition) is 2. The van der Waals surface area contributed by atoms with Crippen LogP contribution in [0.15, 0.2) is 12.7 Å². The van der Waals surface area contributed by atoms with Gasteiger partial charge in [0.1, 0.15) is 0 Å². The van der Waals surface area contributed by atoms with Gasteiger partial charge in [0.25, 0.3) is 5.91 Å². The van der Waals surface area contributed by atoms with E-state index < -0.39 is 0 Å². The molecule has 3 heteroatoms. The summed E-state index contributed by atoms with van der Waals surface area (Å²) in [6, 6.07) is 0. The Morgan fingerprint density at radius 2 is 1.50 bits per heavy atom. The summed E-state index contributed by atoms with van der Waals surface area (Å²) in [4.78, 5) is 17.1. The van der Waals surface area contributed by atoms with Crippen LogP contribution in [-0.2, 0) is 9.63 Å². The summed E-state index contributed by atoms with van der Waals surface area (Å²) in [7, 11) is 0. The predicted octanol–water partition coefficient (Wildman–Crippen LogP) is 4.87. The Balaban J connectivity index is 3.63. The first-order valence-corrected chi connectivity index (χ1v) is 8.33. The van der Waals surface area contributed by atoms with Crippen LogP contribution in [0.4, 0.5) is 0 Å². The van der Waals surface area contributed by atoms with Crippen molar-refractivity contribution < 1.29 is 9.63 Å². The number of amides is 1. The van der Waals surface area contributed by atoms with Gasteiger partial charge in [0.05, 0.1) is 6.61 Å². The number of unbranched alkanes of at least 4 members (excludes halogenated alkanes) is 8. The van der Waals surface area contributed by atoms with E-state index in [1.807, 2.05) is 0 Å². The summed E-state index contributed by atoms with van der Waals surface area (Å²) in [5.74, 6) is -0.121. The Labute approximate surface area is 125 Å². The minimum atomic E-state index is -0.121. The normalized spacial score (nSPS) is 10.5. The Bertz CT molecular complexity index is 241. The van der Waals surface area contributed by atoms with Gasteiger partial charge < -0.3 is 0 Å². The number of hydrogen-bond donors (Lipinski definition) is 0. The summed E-state index contributed by atoms with van der Waals surface area (Å²) < 4.78 is 0. The topological polar surface area (TPSA) is 29.5 Å². The second kappa shape index (κ2) is 14.6. The molecule has 118 valence electrons. The third kappa shape index (κ3) is 11.0. The maximum atomic E-state index is 11.6. The smallest absolute Gasteiger partial charge is 0.269 e. The molecule has 0 radical (unpaired) electrons. The number of nitrogens with zero attached hydrogens (tertiary/aromatic N) is 1. The highest BCUT2D eigenvalue weighted by molar-refractivity contribution is 5.86. The van der Waals surface area contributed by atoms with Gasteiger partial charge in [-0.25, -0.2) is 5.06 Å². The molecule has 0 spiro atoms. The lowest BCUT2D eigenvalue weighted by Crippen LogP contribution is -2.31. The largest absolute Gasteiger partial charge is 0.271 e. The predicted molar refractivity (Wildman–Crippen MR) is 85.4 cm³/mol. The van der Waals surface area contributed by atoms with E-state index in [0.717, 1.165) is 19.3 Å². The van der Waals surface area contributed by atoms with Crippen LogP contribution in [-0.4, -0.2) is 24.1 Å². The maximum Gasteiger partial charge on any atom is 0.269 e. The number of carbonyl (C=O) groups excluding carboxylic acids is 1. The standard InChI is InChI=1S/C17H33NO2/c1-4-7-9-10-11-12-13-14-15-18(17(19)6-3)20-16-8-5-2/h6H,3-5,7-16H2,1-2H3. The third-order valence-corrected chi connectivity index (χ3v) is 3.38. The Hall–Kier alpha value is -0.830. The van der Waals surface area contributed by atoms with Crippen molar-refractivity contribution in [1.82, 2.24) is 5.06 Å². The zero-order valence-corrected chi connectivity index (χ0v) is 13.5. The lowest BCUT2D eigenvalue weighted by molar-refractivity contribution is -0.181. The van der Waals surface area contributed by atoms with E-state index >= 15 is 0 Å². The van der Waals surface area contributed by atoms with E-state index in [-0.39, 0.29) is 5.91 Å². The van der Waals surface area contributed by atoms with Crippen LogP contribution in [0.2, 0.25) is 0 Å². The van der Waals surface area contributed by atoms with Crippen molar-refractivity contribution in [3.63, 3.8) is 0 Å². The first-order valence-electron chi connectivity index (χ1n) is 8.33. The lowest BCUT2D eigenvalue weighted by atomic mass is 10.1. The molecule has 0 unspecified atom stereocenters. The van der Waals surface area contributed by atoms with E-state index in [1.54, 1.807) is 0 Å². The minimum absolute atomic E-state index is 0.121. The Morgan fingerprint density at radius 3 is 2.05 bits per heavy atom. The molecular formula is C17H33NO2. The van der Waals surface area contributed by atoms with Crippen molar-refractivity contribution in [3.8, 4) is 0 Å². The van der Waals surface area contributed by atoms with Crippen molar-refractivity contribution in [1.29, 1.82) is 0 Å². The molecule has 0 aromatic carbocycles. The van der Waals surface area contributed by atoms with Gasteiger partial charge in [-0.15, -0.1) is 0 Å². The van der Waals surface area contributed by atoms with E-state index in [9.17, 15) is 4.79 Å². The van der Waals surface area contributed by atoms with Crippen LogP contribution in [0.25, 0.3) is 0 Å². The molecule has 0 aromatic rings. The first kappa shape index (κ1) is 19.2. The molecule has 0 saturated heterocycles. The van der Waals surface area contributed by atoms with E-state index in [4.69, 9.17) is 4.84 Å². The Kier molecular flexibility index (Phi) is 14.0. The lowest BCUT2D eigenvalue weighted by Gasteiger charge is -2.20. The van der Waals surface area contributed by atoms with Crippen molar-refractivity contribution in [2.45, 2.75) is 78.1 Å². The van der Waals surface area contributed by atoms with Gasteiger partial charge in [0.2, 0.25) is 0 Å². The van der Waals surface area contributed by atoms with E-state index in [1.165, 1.54) is 56.1 Å². The average molecular weight is 283 g/mol. The molecule has 0 heterocycles. The van der Waals surface area contributed by atoms with Gasteiger partial charge in [-0.05, 0) is 18.9 Å². The monoisotopic (exact) mass is 283 g/mol. The quantitative estimate of drug-likeness (QED) is 0.258. The highest BCUT2D eigenvalue weighted by Gasteiger charge is 2.09. The second-order valence-corrected chi connectivity index (χ2v) is 5.31. The van der Waals surface area contributed by atoms with E-state index in [0.29, 0.717) is 13.2 Å². The van der Waals surface area contributed by atoms with Crippen LogP contribution >= 0.6 is 0 Å². The van der Waals surface area contributed by atoms with Gasteiger partial charge in [-0.1, -0.05) is 71.8 Å². The molecule has 3 nitrogen and oxygen atoms in total. The van der Waals surface area contributed by atoms with Crippen molar-refractivity contribution >= 4 is 5.91 Å². The maximum absolute atomic E-state index is 11.6. The van der Waals surface area contributed by atoms with Crippen molar-refractivity contribution in [3.05, 3.63) is 12.7 Å². The minimum Gasteiger partial charge on any atom is -0.271 e. The summed E-state index contributed by atoms with van der Waals surface area (Å²) >= 11 is 0. The molecule has 0 aliphatic rings. The van der Waals surface area contributed by atoms with Crippen LogP contribution in [0.5, 0.6) is 0 Å². The molecular weight excluding hydrogens is 250 g/mol. The van der Waals surface area contributed by atoms with Gasteiger partial charge in [-0.3, -0.25) is 9.63 Å². The molecule has 0 aromatic heterocycles. The number of carbonyl (C=O) groups is 1. The fraction of sp³-hybridized carbons (Fsp3) is 0.824. The van der Waals surface area contributed by atoms with Gasteiger partial charge >= 0.3 is 0 Å². The highest BCUT2D eigenvalue weighted by Crippen LogP contribution is 2.09. The summed E-state index contributed by atoms with van der Waals surface area (Å²) in [5, 5.41) is 1.47. The van der Waals surface area contributed by atoms with Crippen LogP contribution in [0.3, 0.4) is 0 Å². The molecule has 20 heavy (non-hydrogen) atoms. The molecule has 0 N–H and O–H groups in total. The second-order valence-electron chi connectivity index (χ2n) is 5.31. The fourth-order valence-electron chi connectivity index (χ4n) is 2.05. The highest BCUT2D eigenvalue weighted by atomic mass is 16.7. The average Bonchev–Trinajstić information content (AvgIpc) is 2.47. The van der Waals surface area contributed by atoms with Gasteiger partial charge in [0, 0.05) is 6.54 Å². The zero-order valence-electron chi connectivity index (χ0n) is 13.5. The molecule has 0 atom stereocenters. The summed E-state index contributed by atoms with van der Waals surface area (Å²) in [6.45, 7) is 9.18. The molecule has 0 fully saturated rings. The molecule has 0 aliphatic carbocycles. The van der Waals surface area contributed by atoms with Crippen molar-refractivity contribution in [2.24, 2.45) is 0 Å². The van der Waals surface area contributed by atoms with Crippen LogP contribution < -0.4 is 0 Å². The van der Waals surface area contributed by atoms with Gasteiger partial charge in [-0.2, -0.15) is 0 Å². The summed E-state index contributed by atoms with van der Waals surface area (Å²) in [5.41, 5.74) is 0. The molecule has 0 rings (SSSR count). The molecule has 0 bridgehead atoms. The molecule has 0 saturated carbocycles.